The van der Waals surface area contributed by atoms with Crippen LogP contribution in [0.3, 0.4) is 0 Å². The fourth-order valence-corrected chi connectivity index (χ4v) is 3.08. The first-order chi connectivity index (χ1) is 7.05. The maximum atomic E-state index is 11.4. The highest BCUT2D eigenvalue weighted by Crippen LogP contribution is 2.35. The summed E-state index contributed by atoms with van der Waals surface area (Å²) in [4.78, 5) is 0. The molecule has 0 amide bonds. The van der Waals surface area contributed by atoms with E-state index in [2.05, 4.69) is 12.2 Å². The lowest BCUT2D eigenvalue weighted by atomic mass is 10.1. The van der Waals surface area contributed by atoms with E-state index in [1.165, 1.54) is 12.8 Å². The second kappa shape index (κ2) is 5.85. The van der Waals surface area contributed by atoms with Crippen LogP contribution in [0.15, 0.2) is 0 Å². The molecule has 0 aromatic carbocycles. The van der Waals surface area contributed by atoms with Crippen molar-refractivity contribution in [1.29, 1.82) is 0 Å². The minimum Gasteiger partial charge on any atom is -0.315 e. The van der Waals surface area contributed by atoms with Gasteiger partial charge in [0.25, 0.3) is 0 Å². The second-order valence-corrected chi connectivity index (χ2v) is 6.97. The van der Waals surface area contributed by atoms with E-state index in [0.717, 1.165) is 18.9 Å². The van der Waals surface area contributed by atoms with Crippen molar-refractivity contribution in [3.63, 3.8) is 0 Å². The zero-order chi connectivity index (χ0) is 11.3. The summed E-state index contributed by atoms with van der Waals surface area (Å²) in [6.07, 6.45) is 3.44. The number of rotatable bonds is 8. The molecule has 90 valence electrons. The topological polar surface area (TPSA) is 46.2 Å². The standard InChI is InChI=1S/C11H23NO2S/c1-3-7-15(13,14)8-6-12-9-10(2)11-4-5-11/h10-12H,3-9H2,1-2H3. The molecule has 0 spiro atoms. The number of sulfone groups is 1. The third-order valence-electron chi connectivity index (χ3n) is 3.00. The molecule has 0 bridgehead atoms. The molecule has 1 atom stereocenters. The molecule has 1 aliphatic carbocycles. The Labute approximate surface area is 93.6 Å². The average molecular weight is 233 g/mol. The Morgan fingerprint density at radius 2 is 2.00 bits per heavy atom. The molecule has 0 aliphatic heterocycles. The van der Waals surface area contributed by atoms with E-state index in [4.69, 9.17) is 0 Å². The van der Waals surface area contributed by atoms with Gasteiger partial charge in [-0.15, -0.1) is 0 Å². The first-order valence-electron chi connectivity index (χ1n) is 5.96. The van der Waals surface area contributed by atoms with Crippen molar-refractivity contribution in [2.75, 3.05) is 24.6 Å². The van der Waals surface area contributed by atoms with Crippen molar-refractivity contribution in [3.05, 3.63) is 0 Å². The van der Waals surface area contributed by atoms with Crippen LogP contribution >= 0.6 is 0 Å². The Morgan fingerprint density at radius 3 is 2.53 bits per heavy atom. The molecule has 0 aromatic heterocycles. The number of hydrogen-bond donors (Lipinski definition) is 1. The van der Waals surface area contributed by atoms with Gasteiger partial charge in [0.15, 0.2) is 9.84 Å². The SMILES string of the molecule is CCCS(=O)(=O)CCNCC(C)C1CC1. The van der Waals surface area contributed by atoms with Crippen LogP contribution in [0, 0.1) is 11.8 Å². The van der Waals surface area contributed by atoms with E-state index in [0.29, 0.717) is 18.2 Å². The van der Waals surface area contributed by atoms with E-state index < -0.39 is 9.84 Å². The quantitative estimate of drug-likeness (QED) is 0.645. The summed E-state index contributed by atoms with van der Waals surface area (Å²) in [7, 11) is -2.80. The maximum absolute atomic E-state index is 11.4. The predicted octanol–water partition coefficient (Wildman–Crippen LogP) is 1.45. The van der Waals surface area contributed by atoms with Crippen LogP contribution in [0.1, 0.15) is 33.1 Å². The van der Waals surface area contributed by atoms with Gasteiger partial charge in [-0.05, 0) is 37.6 Å². The highest BCUT2D eigenvalue weighted by atomic mass is 32.2. The average Bonchev–Trinajstić information content (AvgIpc) is 2.95. The van der Waals surface area contributed by atoms with Gasteiger partial charge in [-0.2, -0.15) is 0 Å². The van der Waals surface area contributed by atoms with E-state index in [1.54, 1.807) is 0 Å². The van der Waals surface area contributed by atoms with Crippen molar-refractivity contribution in [3.8, 4) is 0 Å². The summed E-state index contributed by atoms with van der Waals surface area (Å²) in [5.74, 6) is 2.22. The third-order valence-corrected chi connectivity index (χ3v) is 4.85. The van der Waals surface area contributed by atoms with Crippen LogP contribution in [0.5, 0.6) is 0 Å². The normalized spacial score (nSPS) is 19.1. The van der Waals surface area contributed by atoms with Crippen molar-refractivity contribution >= 4 is 9.84 Å². The van der Waals surface area contributed by atoms with Crippen LogP contribution in [0.4, 0.5) is 0 Å². The van der Waals surface area contributed by atoms with Gasteiger partial charge in [-0.25, -0.2) is 8.42 Å². The molecule has 0 aromatic rings. The summed E-state index contributed by atoms with van der Waals surface area (Å²) in [6, 6.07) is 0. The first kappa shape index (κ1) is 13.0. The summed E-state index contributed by atoms with van der Waals surface area (Å²) >= 11 is 0. The van der Waals surface area contributed by atoms with Crippen molar-refractivity contribution in [2.45, 2.75) is 33.1 Å². The van der Waals surface area contributed by atoms with Crippen molar-refractivity contribution in [1.82, 2.24) is 5.32 Å². The fourth-order valence-electron chi connectivity index (χ4n) is 1.80. The van der Waals surface area contributed by atoms with Crippen LogP contribution in [0.2, 0.25) is 0 Å². The van der Waals surface area contributed by atoms with Gasteiger partial charge in [0.2, 0.25) is 0 Å². The van der Waals surface area contributed by atoms with E-state index >= 15 is 0 Å². The summed E-state index contributed by atoms with van der Waals surface area (Å²) < 4.78 is 22.8. The molecule has 1 unspecified atom stereocenters. The molecule has 0 radical (unpaired) electrons. The molecular formula is C11H23NO2S. The van der Waals surface area contributed by atoms with Gasteiger partial charge >= 0.3 is 0 Å². The summed E-state index contributed by atoms with van der Waals surface area (Å²) in [6.45, 7) is 5.72. The highest BCUT2D eigenvalue weighted by Gasteiger charge is 2.27. The van der Waals surface area contributed by atoms with Crippen LogP contribution < -0.4 is 5.32 Å². The second-order valence-electron chi connectivity index (χ2n) is 4.67. The maximum Gasteiger partial charge on any atom is 0.151 e. The van der Waals surface area contributed by atoms with Gasteiger partial charge in [0.05, 0.1) is 5.75 Å². The Balaban J connectivity index is 2.05. The number of hydrogen-bond acceptors (Lipinski definition) is 3. The van der Waals surface area contributed by atoms with Crippen molar-refractivity contribution in [2.24, 2.45) is 11.8 Å². The van der Waals surface area contributed by atoms with Crippen LogP contribution in [0.25, 0.3) is 0 Å². The lowest BCUT2D eigenvalue weighted by molar-refractivity contribution is 0.468. The van der Waals surface area contributed by atoms with Crippen molar-refractivity contribution < 1.29 is 8.42 Å². The van der Waals surface area contributed by atoms with Crippen LogP contribution in [-0.2, 0) is 9.84 Å². The predicted molar refractivity (Wildman–Crippen MR) is 63.7 cm³/mol. The Hall–Kier alpha value is -0.0900. The summed E-state index contributed by atoms with van der Waals surface area (Å²) in [5.41, 5.74) is 0. The van der Waals surface area contributed by atoms with E-state index in [9.17, 15) is 8.42 Å². The van der Waals surface area contributed by atoms with Gasteiger partial charge in [-0.3, -0.25) is 0 Å². The van der Waals surface area contributed by atoms with E-state index in [1.807, 2.05) is 6.92 Å². The van der Waals surface area contributed by atoms with Gasteiger partial charge in [0, 0.05) is 12.3 Å². The molecule has 1 N–H and O–H groups in total. The molecule has 1 aliphatic rings. The van der Waals surface area contributed by atoms with Gasteiger partial charge < -0.3 is 5.32 Å². The Morgan fingerprint density at radius 1 is 1.33 bits per heavy atom. The smallest absolute Gasteiger partial charge is 0.151 e. The lowest BCUT2D eigenvalue weighted by Gasteiger charge is -2.11. The van der Waals surface area contributed by atoms with Crippen LogP contribution in [-0.4, -0.2) is 33.0 Å². The zero-order valence-corrected chi connectivity index (χ0v) is 10.6. The molecule has 1 saturated carbocycles. The molecule has 3 nitrogen and oxygen atoms in total. The van der Waals surface area contributed by atoms with Gasteiger partial charge in [0.1, 0.15) is 0 Å². The summed E-state index contributed by atoms with van der Waals surface area (Å²) in [5, 5.41) is 3.24. The minimum atomic E-state index is -2.80. The first-order valence-corrected chi connectivity index (χ1v) is 7.78. The molecule has 1 fully saturated rings. The third kappa shape index (κ3) is 5.52. The molecule has 15 heavy (non-hydrogen) atoms. The lowest BCUT2D eigenvalue weighted by Crippen LogP contribution is -2.28. The fraction of sp³-hybridized carbons (Fsp3) is 1.00. The number of nitrogens with one attached hydrogen (secondary N) is 1. The molecule has 0 heterocycles. The largest absolute Gasteiger partial charge is 0.315 e. The molecule has 0 saturated heterocycles. The Kier molecular flexibility index (Phi) is 5.06. The highest BCUT2D eigenvalue weighted by molar-refractivity contribution is 7.91. The monoisotopic (exact) mass is 233 g/mol. The zero-order valence-electron chi connectivity index (χ0n) is 9.83. The molecule has 1 rings (SSSR count). The minimum absolute atomic E-state index is 0.290. The Bertz CT molecular complexity index is 270. The van der Waals surface area contributed by atoms with Gasteiger partial charge in [-0.1, -0.05) is 13.8 Å². The molecule has 4 heteroatoms. The molecular weight excluding hydrogens is 210 g/mol. The van der Waals surface area contributed by atoms with E-state index in [-0.39, 0.29) is 5.75 Å².